The van der Waals surface area contributed by atoms with E-state index in [1.165, 1.54) is 24.3 Å². The van der Waals surface area contributed by atoms with E-state index < -0.39 is 34.9 Å². The lowest BCUT2D eigenvalue weighted by Gasteiger charge is -2.24. The number of allylic oxidation sites excluding steroid dienone is 2. The summed E-state index contributed by atoms with van der Waals surface area (Å²) < 4.78 is 88.3. The van der Waals surface area contributed by atoms with Crippen LogP contribution in [-0.2, 0) is 12.8 Å². The van der Waals surface area contributed by atoms with E-state index in [1.807, 2.05) is 6.92 Å². The number of rotatable bonds is 8. The molecule has 0 bridgehead atoms. The molecule has 1 atom stereocenters. The van der Waals surface area contributed by atoms with Crippen molar-refractivity contribution in [2.75, 3.05) is 0 Å². The molecule has 1 unspecified atom stereocenters. The van der Waals surface area contributed by atoms with Crippen LogP contribution in [0.3, 0.4) is 0 Å². The Kier molecular flexibility index (Phi) is 8.46. The third kappa shape index (κ3) is 5.34. The Labute approximate surface area is 214 Å². The van der Waals surface area contributed by atoms with Gasteiger partial charge in [0, 0.05) is 16.7 Å². The van der Waals surface area contributed by atoms with Gasteiger partial charge in [0.2, 0.25) is 0 Å². The summed E-state index contributed by atoms with van der Waals surface area (Å²) >= 11 is 0. The van der Waals surface area contributed by atoms with Crippen LogP contribution in [0.15, 0.2) is 42.5 Å². The summed E-state index contributed by atoms with van der Waals surface area (Å²) in [5.41, 5.74) is 0.704. The Balaban J connectivity index is 1.56. The highest BCUT2D eigenvalue weighted by Gasteiger charge is 2.26. The van der Waals surface area contributed by atoms with Gasteiger partial charge in [-0.2, -0.15) is 0 Å². The van der Waals surface area contributed by atoms with Crippen molar-refractivity contribution in [1.29, 1.82) is 0 Å². The fourth-order valence-electron chi connectivity index (χ4n) is 5.12. The first-order chi connectivity index (χ1) is 17.8. The molecule has 0 aliphatic heterocycles. The summed E-state index contributed by atoms with van der Waals surface area (Å²) in [6.07, 6.45) is 6.36. The molecule has 6 heteroatoms. The molecular weight excluding hydrogens is 486 g/mol. The average Bonchev–Trinajstić information content (AvgIpc) is 2.90. The molecule has 0 aromatic heterocycles. The number of hydrogen-bond acceptors (Lipinski definition) is 0. The fraction of sp³-hybridized carbons (Fsp3) is 0.355. The second kappa shape index (κ2) is 11.6. The summed E-state index contributed by atoms with van der Waals surface area (Å²) in [5.74, 6) is -6.59. The van der Waals surface area contributed by atoms with Gasteiger partial charge in [-0.25, -0.2) is 26.3 Å². The molecule has 0 spiro atoms. The first-order valence-corrected chi connectivity index (χ1v) is 12.9. The normalized spacial score (nSPS) is 15.7. The maximum Gasteiger partial charge on any atom is 0.167 e. The molecule has 0 fully saturated rings. The van der Waals surface area contributed by atoms with E-state index in [9.17, 15) is 17.6 Å². The van der Waals surface area contributed by atoms with Crippen LogP contribution in [0.1, 0.15) is 80.5 Å². The zero-order chi connectivity index (χ0) is 26.7. The number of aryl methyl sites for hydroxylation is 2. The third-order valence-corrected chi connectivity index (χ3v) is 7.35. The minimum Gasteiger partial charge on any atom is -0.203 e. The minimum absolute atomic E-state index is 0.0312. The molecule has 0 saturated heterocycles. The predicted molar refractivity (Wildman–Crippen MR) is 135 cm³/mol. The van der Waals surface area contributed by atoms with E-state index in [2.05, 4.69) is 0 Å². The maximum absolute atomic E-state index is 15.1. The van der Waals surface area contributed by atoms with Crippen molar-refractivity contribution in [1.82, 2.24) is 0 Å². The quantitative estimate of drug-likeness (QED) is 0.206. The van der Waals surface area contributed by atoms with Crippen molar-refractivity contribution >= 4 is 5.57 Å². The molecule has 0 radical (unpaired) electrons. The zero-order valence-corrected chi connectivity index (χ0v) is 21.0. The van der Waals surface area contributed by atoms with E-state index in [0.29, 0.717) is 42.4 Å². The highest BCUT2D eigenvalue weighted by molar-refractivity contribution is 5.72. The van der Waals surface area contributed by atoms with Gasteiger partial charge in [0.05, 0.1) is 0 Å². The predicted octanol–water partition coefficient (Wildman–Crippen LogP) is 9.83. The average molecular weight is 517 g/mol. The van der Waals surface area contributed by atoms with E-state index in [1.54, 1.807) is 25.1 Å². The lowest BCUT2D eigenvalue weighted by Crippen LogP contribution is -2.10. The molecule has 37 heavy (non-hydrogen) atoms. The lowest BCUT2D eigenvalue weighted by atomic mass is 9.81. The van der Waals surface area contributed by atoms with Gasteiger partial charge in [0.25, 0.3) is 0 Å². The Bertz CT molecular complexity index is 1320. The van der Waals surface area contributed by atoms with E-state index in [0.717, 1.165) is 19.3 Å². The molecule has 0 saturated carbocycles. The van der Waals surface area contributed by atoms with Crippen LogP contribution in [0.25, 0.3) is 16.7 Å². The van der Waals surface area contributed by atoms with Crippen molar-refractivity contribution in [3.05, 3.63) is 99.6 Å². The summed E-state index contributed by atoms with van der Waals surface area (Å²) in [6, 6.07) is 8.50. The topological polar surface area (TPSA) is 0 Å². The number of halogens is 6. The van der Waals surface area contributed by atoms with Crippen molar-refractivity contribution in [3.8, 4) is 11.1 Å². The molecule has 1 aliphatic carbocycles. The van der Waals surface area contributed by atoms with Crippen molar-refractivity contribution in [2.24, 2.45) is 0 Å². The van der Waals surface area contributed by atoms with Crippen LogP contribution in [0.5, 0.6) is 0 Å². The number of hydrogen-bond donors (Lipinski definition) is 0. The standard InChI is InChI=1S/C31H30F6/c1-3-5-6-7-21-13-14-22(28(34)27(21)33)19-8-10-20(11-9-19)23-16-17-25(31(37)29(23)35)24-15-12-18(4-2)26(32)30(24)36/h10,12-17,19H,3-9,11H2,1-2H3. The second-order valence-electron chi connectivity index (χ2n) is 9.64. The van der Waals surface area contributed by atoms with Gasteiger partial charge < -0.3 is 0 Å². The molecule has 3 aromatic carbocycles. The van der Waals surface area contributed by atoms with Crippen LogP contribution < -0.4 is 0 Å². The molecule has 4 rings (SSSR count). The van der Waals surface area contributed by atoms with Gasteiger partial charge in [0.15, 0.2) is 34.9 Å². The first kappa shape index (κ1) is 27.0. The first-order valence-electron chi connectivity index (χ1n) is 12.9. The molecule has 0 nitrogen and oxygen atoms in total. The summed E-state index contributed by atoms with van der Waals surface area (Å²) in [7, 11) is 0. The Morgan fingerprint density at radius 1 is 0.649 bits per heavy atom. The number of benzene rings is 3. The monoisotopic (exact) mass is 516 g/mol. The molecule has 196 valence electrons. The Morgan fingerprint density at radius 2 is 1.24 bits per heavy atom. The fourth-order valence-corrected chi connectivity index (χ4v) is 5.12. The van der Waals surface area contributed by atoms with Crippen molar-refractivity contribution < 1.29 is 26.3 Å². The van der Waals surface area contributed by atoms with Crippen molar-refractivity contribution in [3.63, 3.8) is 0 Å². The van der Waals surface area contributed by atoms with E-state index >= 15 is 8.78 Å². The summed E-state index contributed by atoms with van der Waals surface area (Å²) in [5, 5.41) is 0. The lowest BCUT2D eigenvalue weighted by molar-refractivity contribution is 0.470. The highest BCUT2D eigenvalue weighted by atomic mass is 19.2. The van der Waals surface area contributed by atoms with Crippen LogP contribution in [0, 0.1) is 34.9 Å². The third-order valence-electron chi connectivity index (χ3n) is 7.35. The smallest absolute Gasteiger partial charge is 0.167 e. The summed E-state index contributed by atoms with van der Waals surface area (Å²) in [4.78, 5) is 0. The second-order valence-corrected chi connectivity index (χ2v) is 9.64. The molecule has 0 amide bonds. The van der Waals surface area contributed by atoms with Crippen LogP contribution >= 0.6 is 0 Å². The van der Waals surface area contributed by atoms with E-state index in [-0.39, 0.29) is 34.6 Å². The van der Waals surface area contributed by atoms with Gasteiger partial charge in [-0.15, -0.1) is 0 Å². The Hall–Kier alpha value is -3.02. The van der Waals surface area contributed by atoms with E-state index in [4.69, 9.17) is 0 Å². The molecule has 3 aromatic rings. The minimum atomic E-state index is -1.25. The summed E-state index contributed by atoms with van der Waals surface area (Å²) in [6.45, 7) is 3.72. The van der Waals surface area contributed by atoms with Gasteiger partial charge in [-0.3, -0.25) is 0 Å². The highest BCUT2D eigenvalue weighted by Crippen LogP contribution is 2.40. The van der Waals surface area contributed by atoms with Crippen LogP contribution in [-0.4, -0.2) is 0 Å². The SMILES string of the molecule is CCCCCc1ccc(C2CC=C(c3ccc(-c4ccc(CC)c(F)c4F)c(F)c3F)CC2)c(F)c1F. The molecular formula is C31H30F6. The van der Waals surface area contributed by atoms with Gasteiger partial charge >= 0.3 is 0 Å². The maximum atomic E-state index is 15.1. The number of unbranched alkanes of at least 4 members (excludes halogenated alkanes) is 2. The zero-order valence-electron chi connectivity index (χ0n) is 21.0. The van der Waals surface area contributed by atoms with Crippen molar-refractivity contribution in [2.45, 2.75) is 71.1 Å². The largest absolute Gasteiger partial charge is 0.203 e. The molecule has 1 aliphatic rings. The van der Waals surface area contributed by atoms with Crippen LogP contribution in [0.2, 0.25) is 0 Å². The Morgan fingerprint density at radius 3 is 1.89 bits per heavy atom. The van der Waals surface area contributed by atoms with Crippen LogP contribution in [0.4, 0.5) is 26.3 Å². The molecule has 0 N–H and O–H groups in total. The van der Waals surface area contributed by atoms with Gasteiger partial charge in [-0.1, -0.05) is 69.2 Å². The van der Waals surface area contributed by atoms with Gasteiger partial charge in [-0.05, 0) is 66.7 Å². The van der Waals surface area contributed by atoms with Gasteiger partial charge in [0.1, 0.15) is 0 Å². The molecule has 0 heterocycles.